The lowest BCUT2D eigenvalue weighted by Crippen LogP contribution is -2.23. The normalized spacial score (nSPS) is 15.2. The second-order valence-electron chi connectivity index (χ2n) is 3.04. The second-order valence-corrected chi connectivity index (χ2v) is 4.04. The molecule has 0 aromatic carbocycles. The highest BCUT2D eigenvalue weighted by molar-refractivity contribution is 7.10. The predicted octanol–water partition coefficient (Wildman–Crippen LogP) is 1.11. The fourth-order valence-electron chi connectivity index (χ4n) is 1.45. The Bertz CT molecular complexity index is 381. The molecular formula is C9H10N2OS. The van der Waals surface area contributed by atoms with Gasteiger partial charge in [-0.15, -0.1) is 11.3 Å². The fraction of sp³-hybridized carbons (Fsp3) is 0.222. The molecule has 2 heterocycles. The van der Waals surface area contributed by atoms with Crippen LogP contribution in [0.3, 0.4) is 0 Å². The molecule has 0 saturated carbocycles. The lowest BCUT2D eigenvalue weighted by Gasteiger charge is -2.21. The number of hydrogen-bond donors (Lipinski definition) is 1. The Labute approximate surface area is 80.5 Å². The Balaban J connectivity index is 2.39. The number of nitrogens with two attached hydrogens (primary N) is 1. The molecule has 1 aliphatic rings. The summed E-state index contributed by atoms with van der Waals surface area (Å²) in [5.74, 6) is -0.328. The monoisotopic (exact) mass is 194 g/mol. The molecule has 2 rings (SSSR count). The first-order valence-electron chi connectivity index (χ1n) is 3.98. The van der Waals surface area contributed by atoms with Crippen LogP contribution in [-0.2, 0) is 11.2 Å². The quantitative estimate of drug-likeness (QED) is 0.728. The summed E-state index contributed by atoms with van der Waals surface area (Å²) in [6.45, 7) is 0. The number of nitrogens with zero attached hydrogens (tertiary/aromatic N) is 1. The first kappa shape index (κ1) is 8.31. The van der Waals surface area contributed by atoms with Gasteiger partial charge in [0.25, 0.3) is 0 Å². The van der Waals surface area contributed by atoms with Gasteiger partial charge in [0.1, 0.15) is 0 Å². The molecule has 2 N–H and O–H groups in total. The van der Waals surface area contributed by atoms with Crippen LogP contribution < -0.4 is 10.6 Å². The summed E-state index contributed by atoms with van der Waals surface area (Å²) >= 11 is 1.66. The van der Waals surface area contributed by atoms with Crippen LogP contribution in [0.4, 0.5) is 5.69 Å². The highest BCUT2D eigenvalue weighted by Gasteiger charge is 2.18. The standard InChI is InChI=1S/C9H10N2OS/c1-11-5-6(9(10)12)4-8-7(11)2-3-13-8/h2-3,5H,4H2,1H3,(H2,10,12). The molecule has 3 nitrogen and oxygen atoms in total. The third kappa shape index (κ3) is 1.33. The molecule has 4 heteroatoms. The van der Waals surface area contributed by atoms with Crippen LogP contribution in [0.2, 0.25) is 0 Å². The van der Waals surface area contributed by atoms with Gasteiger partial charge in [0.05, 0.1) is 5.69 Å². The maximum Gasteiger partial charge on any atom is 0.246 e. The van der Waals surface area contributed by atoms with E-state index >= 15 is 0 Å². The summed E-state index contributed by atoms with van der Waals surface area (Å²) in [6, 6.07) is 2.05. The minimum atomic E-state index is -0.328. The van der Waals surface area contributed by atoms with Gasteiger partial charge in [0, 0.05) is 30.1 Å². The number of carbonyl (C=O) groups excluding carboxylic acids is 1. The van der Waals surface area contributed by atoms with Gasteiger partial charge < -0.3 is 10.6 Å². The SMILES string of the molecule is CN1C=C(C(N)=O)Cc2sccc21. The van der Waals surface area contributed by atoms with Crippen LogP contribution in [0, 0.1) is 0 Å². The van der Waals surface area contributed by atoms with E-state index in [1.54, 1.807) is 17.5 Å². The Morgan fingerprint density at radius 2 is 2.46 bits per heavy atom. The van der Waals surface area contributed by atoms with E-state index < -0.39 is 0 Å². The molecule has 0 fully saturated rings. The molecule has 1 amide bonds. The third-order valence-electron chi connectivity index (χ3n) is 2.12. The fourth-order valence-corrected chi connectivity index (χ4v) is 2.39. The van der Waals surface area contributed by atoms with Crippen LogP contribution in [-0.4, -0.2) is 13.0 Å². The zero-order valence-corrected chi connectivity index (χ0v) is 8.10. The molecule has 0 radical (unpaired) electrons. The first-order valence-corrected chi connectivity index (χ1v) is 4.86. The highest BCUT2D eigenvalue weighted by Crippen LogP contribution is 2.31. The minimum absolute atomic E-state index is 0.328. The van der Waals surface area contributed by atoms with Gasteiger partial charge in [-0.05, 0) is 11.4 Å². The van der Waals surface area contributed by atoms with Crippen molar-refractivity contribution in [3.8, 4) is 0 Å². The van der Waals surface area contributed by atoms with E-state index in [9.17, 15) is 4.79 Å². The van der Waals surface area contributed by atoms with Crippen molar-refractivity contribution in [2.75, 3.05) is 11.9 Å². The summed E-state index contributed by atoms with van der Waals surface area (Å²) in [6.07, 6.45) is 2.48. The number of hydrogen-bond acceptors (Lipinski definition) is 3. The lowest BCUT2D eigenvalue weighted by molar-refractivity contribution is -0.114. The van der Waals surface area contributed by atoms with E-state index in [2.05, 4.69) is 0 Å². The number of carbonyl (C=O) groups is 1. The molecule has 1 aromatic rings. The van der Waals surface area contributed by atoms with Crippen LogP contribution in [0.1, 0.15) is 4.88 Å². The van der Waals surface area contributed by atoms with Crippen molar-refractivity contribution in [1.29, 1.82) is 0 Å². The molecule has 1 aromatic heterocycles. The average Bonchev–Trinajstić information content (AvgIpc) is 2.51. The lowest BCUT2D eigenvalue weighted by atomic mass is 10.1. The molecule has 0 aliphatic carbocycles. The number of rotatable bonds is 1. The zero-order valence-electron chi connectivity index (χ0n) is 7.28. The van der Waals surface area contributed by atoms with Crippen LogP contribution in [0.15, 0.2) is 23.2 Å². The van der Waals surface area contributed by atoms with E-state index in [1.165, 1.54) is 10.6 Å². The molecule has 1 aliphatic heterocycles. The van der Waals surface area contributed by atoms with Crippen molar-refractivity contribution < 1.29 is 4.79 Å². The second kappa shape index (κ2) is 2.88. The van der Waals surface area contributed by atoms with Crippen LogP contribution in [0.5, 0.6) is 0 Å². The number of amides is 1. The van der Waals surface area contributed by atoms with E-state index in [0.717, 1.165) is 0 Å². The van der Waals surface area contributed by atoms with Crippen molar-refractivity contribution in [2.24, 2.45) is 5.73 Å². The molecule has 13 heavy (non-hydrogen) atoms. The van der Waals surface area contributed by atoms with E-state index in [0.29, 0.717) is 12.0 Å². The Morgan fingerprint density at radius 1 is 1.69 bits per heavy atom. The van der Waals surface area contributed by atoms with Crippen molar-refractivity contribution in [2.45, 2.75) is 6.42 Å². The molecule has 68 valence electrons. The largest absolute Gasteiger partial charge is 0.366 e. The number of anilines is 1. The van der Waals surface area contributed by atoms with Gasteiger partial charge in [-0.3, -0.25) is 4.79 Å². The van der Waals surface area contributed by atoms with E-state index in [4.69, 9.17) is 5.73 Å². The summed E-state index contributed by atoms with van der Waals surface area (Å²) in [5.41, 5.74) is 7.08. The third-order valence-corrected chi connectivity index (χ3v) is 3.03. The van der Waals surface area contributed by atoms with E-state index in [1.807, 2.05) is 23.4 Å². The number of thiophene rings is 1. The van der Waals surface area contributed by atoms with E-state index in [-0.39, 0.29) is 5.91 Å². The molecule has 0 bridgehead atoms. The first-order chi connectivity index (χ1) is 6.18. The highest BCUT2D eigenvalue weighted by atomic mass is 32.1. The van der Waals surface area contributed by atoms with Gasteiger partial charge in [-0.1, -0.05) is 0 Å². The smallest absolute Gasteiger partial charge is 0.246 e. The zero-order chi connectivity index (χ0) is 9.42. The number of fused-ring (bicyclic) bond motifs is 1. The van der Waals surface area contributed by atoms with Crippen LogP contribution in [0.25, 0.3) is 0 Å². The summed E-state index contributed by atoms with van der Waals surface area (Å²) in [7, 11) is 1.92. The molecule has 0 unspecified atom stereocenters. The summed E-state index contributed by atoms with van der Waals surface area (Å²) in [5, 5.41) is 2.03. The number of primary amides is 1. The van der Waals surface area contributed by atoms with Crippen molar-refractivity contribution in [3.05, 3.63) is 28.1 Å². The predicted molar refractivity (Wildman–Crippen MR) is 53.7 cm³/mol. The molecular weight excluding hydrogens is 184 g/mol. The van der Waals surface area contributed by atoms with Crippen molar-refractivity contribution in [3.63, 3.8) is 0 Å². The van der Waals surface area contributed by atoms with Gasteiger partial charge >= 0.3 is 0 Å². The molecule has 0 atom stereocenters. The summed E-state index contributed by atoms with van der Waals surface area (Å²) in [4.78, 5) is 14.1. The van der Waals surface area contributed by atoms with Gasteiger partial charge in [0.2, 0.25) is 5.91 Å². The molecule has 0 spiro atoms. The Morgan fingerprint density at radius 3 is 3.15 bits per heavy atom. The Hall–Kier alpha value is -1.29. The minimum Gasteiger partial charge on any atom is -0.366 e. The summed E-state index contributed by atoms with van der Waals surface area (Å²) < 4.78 is 0. The molecule has 0 saturated heterocycles. The maximum atomic E-state index is 11.0. The van der Waals surface area contributed by atoms with Crippen molar-refractivity contribution in [1.82, 2.24) is 0 Å². The maximum absolute atomic E-state index is 11.0. The van der Waals surface area contributed by atoms with Crippen molar-refractivity contribution >= 4 is 22.9 Å². The van der Waals surface area contributed by atoms with Gasteiger partial charge in [-0.2, -0.15) is 0 Å². The van der Waals surface area contributed by atoms with Gasteiger partial charge in [-0.25, -0.2) is 0 Å². The average molecular weight is 194 g/mol. The Kier molecular flexibility index (Phi) is 1.84. The van der Waals surface area contributed by atoms with Crippen LogP contribution >= 0.6 is 11.3 Å². The van der Waals surface area contributed by atoms with Gasteiger partial charge in [0.15, 0.2) is 0 Å². The topological polar surface area (TPSA) is 46.3 Å².